The summed E-state index contributed by atoms with van der Waals surface area (Å²) in [7, 11) is 5.34. The lowest BCUT2D eigenvalue weighted by molar-refractivity contribution is 0.268. The third-order valence-corrected chi connectivity index (χ3v) is 8.17. The van der Waals surface area contributed by atoms with Crippen LogP contribution in [0.4, 0.5) is 0 Å². The number of hydrogen-bond acceptors (Lipinski definition) is 5. The average Bonchev–Trinajstić information content (AvgIpc) is 3.19. The van der Waals surface area contributed by atoms with Gasteiger partial charge in [0.1, 0.15) is 16.4 Å². The third-order valence-electron chi connectivity index (χ3n) is 6.24. The second kappa shape index (κ2) is 7.37. The minimum absolute atomic E-state index is 0.0500. The third kappa shape index (κ3) is 3.44. The molecular formula is C19H30N2O4S. The Balaban J connectivity index is 1.79. The molecule has 3 rings (SSSR count). The Hall–Kier alpha value is -1.31. The van der Waals surface area contributed by atoms with Gasteiger partial charge in [0.05, 0.1) is 14.2 Å². The monoisotopic (exact) mass is 382 g/mol. The Kier molecular flexibility index (Phi) is 5.51. The van der Waals surface area contributed by atoms with E-state index in [9.17, 15) is 8.42 Å². The minimum atomic E-state index is -3.64. The molecule has 4 atom stereocenters. The van der Waals surface area contributed by atoms with Crippen molar-refractivity contribution < 1.29 is 17.9 Å². The van der Waals surface area contributed by atoms with Crippen molar-refractivity contribution in [3.05, 3.63) is 18.2 Å². The summed E-state index contributed by atoms with van der Waals surface area (Å²) in [4.78, 5) is 2.47. The first kappa shape index (κ1) is 19.5. The minimum Gasteiger partial charge on any atom is -0.497 e. The Morgan fingerprint density at radius 3 is 2.00 bits per heavy atom. The van der Waals surface area contributed by atoms with E-state index >= 15 is 0 Å². The molecule has 2 aliphatic carbocycles. The molecule has 26 heavy (non-hydrogen) atoms. The Bertz CT molecular complexity index is 736. The van der Waals surface area contributed by atoms with Gasteiger partial charge in [-0.1, -0.05) is 0 Å². The standard InChI is InChI=1S/C19H30N2O4S/c1-20(2)15-8-13-10-16(11-14(13)9-15)21(3)26(22,23)19-12-17(24-4)6-7-18(19)25-5/h6-7,12-16H,8-11H2,1-5H3/t13-,14+,15?,16?. The van der Waals surface area contributed by atoms with Gasteiger partial charge < -0.3 is 14.4 Å². The lowest BCUT2D eigenvalue weighted by Gasteiger charge is -2.27. The summed E-state index contributed by atoms with van der Waals surface area (Å²) < 4.78 is 38.5. The van der Waals surface area contributed by atoms with Crippen LogP contribution in [-0.2, 0) is 10.0 Å². The summed E-state index contributed by atoms with van der Waals surface area (Å²) in [5, 5.41) is 0. The van der Waals surface area contributed by atoms with Crippen LogP contribution in [0.5, 0.6) is 11.5 Å². The summed E-state index contributed by atoms with van der Waals surface area (Å²) in [6.07, 6.45) is 4.23. The molecule has 0 heterocycles. The first-order chi connectivity index (χ1) is 12.3. The van der Waals surface area contributed by atoms with Crippen molar-refractivity contribution in [3.63, 3.8) is 0 Å². The molecule has 0 saturated heterocycles. The predicted octanol–water partition coefficient (Wildman–Crippen LogP) is 2.44. The van der Waals surface area contributed by atoms with Crippen molar-refractivity contribution in [1.29, 1.82) is 0 Å². The summed E-state index contributed by atoms with van der Waals surface area (Å²) in [5.74, 6) is 2.10. The fourth-order valence-electron chi connectivity index (χ4n) is 4.61. The fraction of sp³-hybridized carbons (Fsp3) is 0.684. The van der Waals surface area contributed by atoms with E-state index < -0.39 is 10.0 Å². The summed E-state index contributed by atoms with van der Waals surface area (Å²) in [5.41, 5.74) is 0. The number of sulfonamides is 1. The largest absolute Gasteiger partial charge is 0.497 e. The van der Waals surface area contributed by atoms with Gasteiger partial charge in [-0.05, 0) is 63.7 Å². The van der Waals surface area contributed by atoms with Gasteiger partial charge in [0.15, 0.2) is 0 Å². The van der Waals surface area contributed by atoms with Crippen LogP contribution < -0.4 is 9.47 Å². The molecule has 6 nitrogen and oxygen atoms in total. The van der Waals surface area contributed by atoms with Crippen LogP contribution in [0.15, 0.2) is 23.1 Å². The molecular weight excluding hydrogens is 352 g/mol. The molecule has 0 amide bonds. The molecule has 1 aromatic rings. The van der Waals surface area contributed by atoms with E-state index in [1.165, 1.54) is 27.1 Å². The molecule has 2 fully saturated rings. The van der Waals surface area contributed by atoms with Crippen LogP contribution in [0, 0.1) is 11.8 Å². The molecule has 2 aliphatic rings. The van der Waals surface area contributed by atoms with Crippen molar-refractivity contribution >= 4 is 10.0 Å². The fourth-order valence-corrected chi connectivity index (χ4v) is 6.15. The number of nitrogens with zero attached hydrogens (tertiary/aromatic N) is 2. The van der Waals surface area contributed by atoms with Gasteiger partial charge in [-0.2, -0.15) is 4.31 Å². The first-order valence-corrected chi connectivity index (χ1v) is 10.6. The van der Waals surface area contributed by atoms with Gasteiger partial charge in [-0.3, -0.25) is 0 Å². The summed E-state index contributed by atoms with van der Waals surface area (Å²) in [6, 6.07) is 5.58. The first-order valence-electron chi connectivity index (χ1n) is 9.14. The molecule has 0 spiro atoms. The Morgan fingerprint density at radius 2 is 1.50 bits per heavy atom. The highest BCUT2D eigenvalue weighted by Crippen LogP contribution is 2.47. The van der Waals surface area contributed by atoms with Crippen LogP contribution in [-0.4, -0.2) is 65.1 Å². The van der Waals surface area contributed by atoms with Crippen LogP contribution in [0.1, 0.15) is 25.7 Å². The van der Waals surface area contributed by atoms with Crippen molar-refractivity contribution in [2.45, 2.75) is 42.7 Å². The van der Waals surface area contributed by atoms with E-state index in [1.807, 2.05) is 0 Å². The zero-order chi connectivity index (χ0) is 19.1. The molecule has 2 saturated carbocycles. The number of rotatable bonds is 6. The molecule has 146 valence electrons. The number of fused-ring (bicyclic) bond motifs is 1. The van der Waals surface area contributed by atoms with Crippen LogP contribution >= 0.6 is 0 Å². The molecule has 7 heteroatoms. The number of benzene rings is 1. The van der Waals surface area contributed by atoms with Gasteiger partial charge in [-0.25, -0.2) is 8.42 Å². The second-order valence-corrected chi connectivity index (χ2v) is 9.74. The van der Waals surface area contributed by atoms with E-state index in [2.05, 4.69) is 19.0 Å². The SMILES string of the molecule is COc1ccc(OC)c(S(=O)(=O)N(C)C2C[C@H]3CC(N(C)C)C[C@H]3C2)c1. The zero-order valence-corrected chi connectivity index (χ0v) is 17.1. The van der Waals surface area contributed by atoms with Crippen molar-refractivity contribution in [2.24, 2.45) is 11.8 Å². The van der Waals surface area contributed by atoms with Crippen LogP contribution in [0.25, 0.3) is 0 Å². The van der Waals surface area contributed by atoms with E-state index in [4.69, 9.17) is 9.47 Å². The summed E-state index contributed by atoms with van der Waals surface area (Å²) >= 11 is 0. The van der Waals surface area contributed by atoms with Crippen molar-refractivity contribution in [2.75, 3.05) is 35.4 Å². The van der Waals surface area contributed by atoms with Gasteiger partial charge >= 0.3 is 0 Å². The summed E-state index contributed by atoms with van der Waals surface area (Å²) in [6.45, 7) is 0. The van der Waals surface area contributed by atoms with Gasteiger partial charge in [0.25, 0.3) is 0 Å². The highest BCUT2D eigenvalue weighted by atomic mass is 32.2. The number of ether oxygens (including phenoxy) is 2. The Morgan fingerprint density at radius 1 is 0.923 bits per heavy atom. The number of hydrogen-bond donors (Lipinski definition) is 0. The quantitative estimate of drug-likeness (QED) is 0.756. The highest BCUT2D eigenvalue weighted by Gasteiger charge is 2.45. The van der Waals surface area contributed by atoms with E-state index in [1.54, 1.807) is 29.6 Å². The van der Waals surface area contributed by atoms with E-state index in [-0.39, 0.29) is 10.9 Å². The molecule has 0 N–H and O–H groups in total. The predicted molar refractivity (Wildman–Crippen MR) is 101 cm³/mol. The molecule has 0 bridgehead atoms. The second-order valence-electron chi connectivity index (χ2n) is 7.77. The van der Waals surface area contributed by atoms with Crippen LogP contribution in [0.2, 0.25) is 0 Å². The molecule has 1 aromatic carbocycles. The lowest BCUT2D eigenvalue weighted by Crippen LogP contribution is -2.36. The maximum atomic E-state index is 13.2. The van der Waals surface area contributed by atoms with Crippen molar-refractivity contribution in [3.8, 4) is 11.5 Å². The van der Waals surface area contributed by atoms with Crippen molar-refractivity contribution in [1.82, 2.24) is 9.21 Å². The number of methoxy groups -OCH3 is 2. The molecule has 0 radical (unpaired) electrons. The van der Waals surface area contributed by atoms with E-state index in [0.29, 0.717) is 29.4 Å². The Labute approximate surface area is 157 Å². The maximum absolute atomic E-state index is 13.2. The van der Waals surface area contributed by atoms with Gasteiger partial charge in [0.2, 0.25) is 10.0 Å². The molecule has 0 aliphatic heterocycles. The topological polar surface area (TPSA) is 59.1 Å². The molecule has 0 aromatic heterocycles. The smallest absolute Gasteiger partial charge is 0.246 e. The normalized spacial score (nSPS) is 28.6. The van der Waals surface area contributed by atoms with Gasteiger partial charge in [-0.15, -0.1) is 0 Å². The zero-order valence-electron chi connectivity index (χ0n) is 16.3. The average molecular weight is 383 g/mol. The molecule has 2 unspecified atom stereocenters. The van der Waals surface area contributed by atoms with E-state index in [0.717, 1.165) is 12.8 Å². The highest BCUT2D eigenvalue weighted by molar-refractivity contribution is 7.89. The van der Waals surface area contributed by atoms with Gasteiger partial charge in [0, 0.05) is 25.2 Å². The van der Waals surface area contributed by atoms with Crippen LogP contribution in [0.3, 0.4) is 0 Å². The maximum Gasteiger partial charge on any atom is 0.246 e. The lowest BCUT2D eigenvalue weighted by atomic mass is 10.0.